The van der Waals surface area contributed by atoms with Gasteiger partial charge < -0.3 is 28.6 Å². The van der Waals surface area contributed by atoms with Crippen LogP contribution in [0.25, 0.3) is 32.9 Å². The minimum atomic E-state index is -1.11. The number of aromatic nitrogens is 4. The first-order valence-electron chi connectivity index (χ1n) is 17.7. The number of amides is 1. The summed E-state index contributed by atoms with van der Waals surface area (Å²) in [6, 6.07) is 13.2. The van der Waals surface area contributed by atoms with Crippen LogP contribution in [0.4, 0.5) is 5.69 Å². The Balaban J connectivity index is 1.41. The lowest BCUT2D eigenvalue weighted by atomic mass is 9.98. The fourth-order valence-electron chi connectivity index (χ4n) is 8.17. The van der Waals surface area contributed by atoms with Crippen molar-refractivity contribution in [3.8, 4) is 16.9 Å². The molecule has 0 radical (unpaired) electrons. The maximum atomic E-state index is 15.2. The highest BCUT2D eigenvalue weighted by atomic mass is 35.5. The summed E-state index contributed by atoms with van der Waals surface area (Å²) in [6.07, 6.45) is 1.15. The summed E-state index contributed by atoms with van der Waals surface area (Å²) in [4.78, 5) is 29.8. The third-order valence-electron chi connectivity index (χ3n) is 10.6. The molecular formula is C41H43Cl2N5O5. The predicted octanol–water partition coefficient (Wildman–Crippen LogP) is 9.15. The van der Waals surface area contributed by atoms with Crippen LogP contribution in [0.5, 0.6) is 5.75 Å². The number of carboxylic acids is 1. The van der Waals surface area contributed by atoms with Gasteiger partial charge in [0.1, 0.15) is 11.4 Å². The van der Waals surface area contributed by atoms with E-state index in [0.29, 0.717) is 53.4 Å². The lowest BCUT2D eigenvalue weighted by Gasteiger charge is -2.34. The van der Waals surface area contributed by atoms with Crippen molar-refractivity contribution >= 4 is 62.6 Å². The Bertz CT molecular complexity index is 2450. The van der Waals surface area contributed by atoms with Gasteiger partial charge in [-0.15, -0.1) is 0 Å². The lowest BCUT2D eigenvalue weighted by molar-refractivity contribution is 0.0687. The number of rotatable bonds is 10. The Hall–Kier alpha value is -4.77. The van der Waals surface area contributed by atoms with Crippen LogP contribution in [-0.2, 0) is 31.9 Å². The average Bonchev–Trinajstić information content (AvgIpc) is 3.69. The Morgan fingerprint density at radius 1 is 1.00 bits per heavy atom. The van der Waals surface area contributed by atoms with Gasteiger partial charge in [0.2, 0.25) is 0 Å². The number of aryl methyl sites for hydroxylation is 6. The third kappa shape index (κ3) is 5.97. The molecule has 0 saturated heterocycles. The van der Waals surface area contributed by atoms with Crippen molar-refractivity contribution in [2.45, 2.75) is 60.1 Å². The standard InChI is InChI=1S/C41H43Cl2N5O5/c1-21-16-27(17-22(2)35(21)43)53-15-9-10-28-29-12-13-31(42)34(33-24(4)44-46(7)25(33)5)36(29)48-23(3)19-47(40(49)38(28)48)37-30-18-26(20-52-8)11-14-32(30)45(6)39(37)41(50)51/h11-14,16-18,23H,9-10,15,19-20H2,1-8H3,(H,50,51)/t23-/m1/s1. The van der Waals surface area contributed by atoms with Gasteiger partial charge in [-0.2, -0.15) is 5.10 Å². The summed E-state index contributed by atoms with van der Waals surface area (Å²) in [5.41, 5.74) is 9.72. The van der Waals surface area contributed by atoms with Gasteiger partial charge in [0, 0.05) is 66.4 Å². The van der Waals surface area contributed by atoms with Crippen molar-refractivity contribution in [2.24, 2.45) is 14.1 Å². The number of carboxylic acid groups (broad SMARTS) is 1. The molecule has 1 amide bonds. The predicted molar refractivity (Wildman–Crippen MR) is 210 cm³/mol. The number of hydrogen-bond acceptors (Lipinski definition) is 5. The highest BCUT2D eigenvalue weighted by molar-refractivity contribution is 6.35. The van der Waals surface area contributed by atoms with E-state index >= 15 is 4.79 Å². The van der Waals surface area contributed by atoms with E-state index in [1.54, 1.807) is 23.6 Å². The number of carbonyl (C=O) groups excluding carboxylic acids is 1. The van der Waals surface area contributed by atoms with Gasteiger partial charge in [-0.25, -0.2) is 4.79 Å². The van der Waals surface area contributed by atoms with Gasteiger partial charge in [0.05, 0.1) is 40.7 Å². The van der Waals surface area contributed by atoms with Crippen LogP contribution in [-0.4, -0.2) is 56.2 Å². The fourth-order valence-corrected chi connectivity index (χ4v) is 8.52. The molecular weight excluding hydrogens is 713 g/mol. The molecule has 3 aromatic carbocycles. The first-order chi connectivity index (χ1) is 25.2. The SMILES string of the molecule is COCc1ccc2c(c1)c(N1C[C@@H](C)n3c(c(CCCOc4cc(C)c(Cl)c(C)c4)c4ccc(Cl)c(-c5c(C)nn(C)c5C)c43)C1=O)c(C(=O)O)n2C. The van der Waals surface area contributed by atoms with Crippen molar-refractivity contribution in [1.29, 1.82) is 0 Å². The monoisotopic (exact) mass is 755 g/mol. The molecule has 0 spiro atoms. The van der Waals surface area contributed by atoms with Crippen molar-refractivity contribution in [3.63, 3.8) is 0 Å². The number of ether oxygens (including phenoxy) is 2. The Morgan fingerprint density at radius 2 is 1.72 bits per heavy atom. The summed E-state index contributed by atoms with van der Waals surface area (Å²) in [5.74, 6) is -0.640. The summed E-state index contributed by atoms with van der Waals surface area (Å²) in [6.45, 7) is 11.0. The molecule has 1 atom stereocenters. The van der Waals surface area contributed by atoms with Crippen molar-refractivity contribution in [3.05, 3.63) is 97.5 Å². The van der Waals surface area contributed by atoms with E-state index in [1.165, 1.54) is 0 Å². The normalized spacial score (nSPS) is 14.5. The van der Waals surface area contributed by atoms with Crippen LogP contribution in [0, 0.1) is 27.7 Å². The Labute approximate surface area is 318 Å². The van der Waals surface area contributed by atoms with E-state index in [0.717, 1.165) is 66.4 Å². The van der Waals surface area contributed by atoms with Gasteiger partial charge in [-0.1, -0.05) is 35.3 Å². The topological polar surface area (TPSA) is 104 Å². The highest BCUT2D eigenvalue weighted by Crippen LogP contribution is 2.46. The van der Waals surface area contributed by atoms with Crippen LogP contribution >= 0.6 is 23.2 Å². The Morgan fingerprint density at radius 3 is 2.36 bits per heavy atom. The molecule has 0 unspecified atom stereocenters. The number of halogens is 2. The van der Waals surface area contributed by atoms with Crippen LogP contribution < -0.4 is 9.64 Å². The van der Waals surface area contributed by atoms with Crippen LogP contribution in [0.3, 0.4) is 0 Å². The summed E-state index contributed by atoms with van der Waals surface area (Å²) in [7, 11) is 5.25. The van der Waals surface area contributed by atoms with E-state index in [4.69, 9.17) is 37.8 Å². The average molecular weight is 757 g/mol. The molecule has 7 rings (SSSR count). The molecule has 3 aromatic heterocycles. The minimum Gasteiger partial charge on any atom is -0.494 e. The summed E-state index contributed by atoms with van der Waals surface area (Å²) < 4.78 is 17.2. The zero-order chi connectivity index (χ0) is 38.0. The number of hydrogen-bond donors (Lipinski definition) is 1. The van der Waals surface area contributed by atoms with E-state index in [2.05, 4.69) is 11.5 Å². The molecule has 53 heavy (non-hydrogen) atoms. The van der Waals surface area contributed by atoms with Crippen molar-refractivity contribution < 1.29 is 24.2 Å². The maximum Gasteiger partial charge on any atom is 0.354 e. The number of methoxy groups -OCH3 is 1. The van der Waals surface area contributed by atoms with Crippen LogP contribution in [0.1, 0.15) is 74.0 Å². The molecule has 276 valence electrons. The van der Waals surface area contributed by atoms with Crippen LogP contribution in [0.2, 0.25) is 10.0 Å². The first-order valence-corrected chi connectivity index (χ1v) is 18.4. The van der Waals surface area contributed by atoms with Gasteiger partial charge in [-0.05, 0) is 100 Å². The van der Waals surface area contributed by atoms with Gasteiger partial charge in [0.25, 0.3) is 5.91 Å². The van der Waals surface area contributed by atoms with E-state index in [-0.39, 0.29) is 24.2 Å². The molecule has 0 bridgehead atoms. The smallest absolute Gasteiger partial charge is 0.354 e. The molecule has 1 aliphatic rings. The van der Waals surface area contributed by atoms with Crippen molar-refractivity contribution in [2.75, 3.05) is 25.2 Å². The number of carbonyl (C=O) groups is 2. The fraction of sp³-hybridized carbons (Fsp3) is 0.341. The molecule has 6 aromatic rings. The second-order valence-electron chi connectivity index (χ2n) is 14.1. The largest absolute Gasteiger partial charge is 0.494 e. The zero-order valence-electron chi connectivity index (χ0n) is 31.2. The number of nitrogens with zero attached hydrogens (tertiary/aromatic N) is 5. The van der Waals surface area contributed by atoms with Gasteiger partial charge >= 0.3 is 5.97 Å². The molecule has 12 heteroatoms. The van der Waals surface area contributed by atoms with E-state index in [1.807, 2.05) is 81.9 Å². The van der Waals surface area contributed by atoms with Gasteiger partial charge in [0.15, 0.2) is 5.69 Å². The maximum absolute atomic E-state index is 15.2. The quantitative estimate of drug-likeness (QED) is 0.140. The number of benzene rings is 3. The van der Waals surface area contributed by atoms with Crippen LogP contribution in [0.15, 0.2) is 42.5 Å². The highest BCUT2D eigenvalue weighted by Gasteiger charge is 2.39. The lowest BCUT2D eigenvalue weighted by Crippen LogP contribution is -2.43. The molecule has 1 aliphatic heterocycles. The minimum absolute atomic E-state index is 0.0496. The second-order valence-corrected chi connectivity index (χ2v) is 14.9. The number of fused-ring (bicyclic) bond motifs is 4. The third-order valence-corrected chi connectivity index (χ3v) is 11.5. The number of aromatic carboxylic acids is 1. The molecule has 1 N–H and O–H groups in total. The van der Waals surface area contributed by atoms with Gasteiger partial charge in [-0.3, -0.25) is 9.48 Å². The van der Waals surface area contributed by atoms with E-state index in [9.17, 15) is 9.90 Å². The second kappa shape index (κ2) is 13.9. The first kappa shape index (κ1) is 36.6. The Kier molecular flexibility index (Phi) is 9.59. The number of anilines is 1. The molecule has 0 aliphatic carbocycles. The summed E-state index contributed by atoms with van der Waals surface area (Å²) >= 11 is 13.5. The van der Waals surface area contributed by atoms with E-state index < -0.39 is 5.97 Å². The molecule has 4 heterocycles. The summed E-state index contributed by atoms with van der Waals surface area (Å²) in [5, 5.41) is 18.2. The molecule has 10 nitrogen and oxygen atoms in total. The zero-order valence-corrected chi connectivity index (χ0v) is 32.7. The van der Waals surface area contributed by atoms with Crippen molar-refractivity contribution in [1.82, 2.24) is 18.9 Å². The molecule has 0 fully saturated rings. The molecule has 0 saturated carbocycles.